The summed E-state index contributed by atoms with van der Waals surface area (Å²) in [4.78, 5) is 41.6. The van der Waals surface area contributed by atoms with Gasteiger partial charge in [-0.05, 0) is 64.2 Å². The molecule has 3 atom stereocenters. The van der Waals surface area contributed by atoms with Crippen molar-refractivity contribution in [1.29, 1.82) is 0 Å². The van der Waals surface area contributed by atoms with E-state index < -0.39 is 6.09 Å². The minimum atomic E-state index is -1.08. The lowest BCUT2D eigenvalue weighted by Gasteiger charge is -2.26. The SMILES string of the molecule is Cc1cc(C)c2c(N)c(C(=O)NC3CCc4nc(N5C[C@H](NC(=O)O)[C@@H](OC(C)C)C5)ncc4C3)sc2n1. The topological polar surface area (TPSA) is 156 Å². The molecule has 0 radical (unpaired) electrons. The third-order valence-corrected chi connectivity index (χ3v) is 8.11. The van der Waals surface area contributed by atoms with E-state index >= 15 is 0 Å². The maximum Gasteiger partial charge on any atom is 0.405 e. The number of carboxylic acid groups (broad SMARTS) is 1. The molecule has 5 N–H and O–H groups in total. The zero-order valence-electron chi connectivity index (χ0n) is 21.9. The Labute approximate surface area is 224 Å². The molecule has 0 bridgehead atoms. The maximum absolute atomic E-state index is 13.1. The number of nitrogens with one attached hydrogen (secondary N) is 2. The number of hydrogen-bond acceptors (Lipinski definition) is 9. The summed E-state index contributed by atoms with van der Waals surface area (Å²) in [5.41, 5.74) is 10.7. The monoisotopic (exact) mass is 539 g/mol. The normalized spacial score (nSPS) is 21.1. The first kappa shape index (κ1) is 26.1. The van der Waals surface area contributed by atoms with Crippen molar-refractivity contribution in [1.82, 2.24) is 25.6 Å². The number of hydrogen-bond donors (Lipinski definition) is 4. The highest BCUT2D eigenvalue weighted by molar-refractivity contribution is 7.21. The van der Waals surface area contributed by atoms with Gasteiger partial charge in [0.15, 0.2) is 0 Å². The van der Waals surface area contributed by atoms with Crippen LogP contribution < -0.4 is 21.3 Å². The van der Waals surface area contributed by atoms with Crippen molar-refractivity contribution in [3.8, 4) is 0 Å². The van der Waals surface area contributed by atoms with E-state index in [9.17, 15) is 14.7 Å². The van der Waals surface area contributed by atoms with Crippen molar-refractivity contribution >= 4 is 45.2 Å². The fourth-order valence-corrected chi connectivity index (χ4v) is 6.50. The van der Waals surface area contributed by atoms with Crippen molar-refractivity contribution in [2.75, 3.05) is 23.7 Å². The van der Waals surface area contributed by atoms with E-state index in [0.29, 0.717) is 42.4 Å². The first-order valence-corrected chi connectivity index (χ1v) is 13.6. The summed E-state index contributed by atoms with van der Waals surface area (Å²) in [5.74, 6) is 0.383. The largest absolute Gasteiger partial charge is 0.465 e. The lowest BCUT2D eigenvalue weighted by molar-refractivity contribution is 0.00694. The van der Waals surface area contributed by atoms with Gasteiger partial charge in [0.05, 0.1) is 23.9 Å². The number of pyridine rings is 1. The molecule has 1 saturated heterocycles. The van der Waals surface area contributed by atoms with E-state index in [0.717, 1.165) is 39.2 Å². The van der Waals surface area contributed by atoms with Gasteiger partial charge in [0, 0.05) is 42.1 Å². The summed E-state index contributed by atoms with van der Waals surface area (Å²) >= 11 is 1.33. The number of aryl methyl sites for hydroxylation is 3. The van der Waals surface area contributed by atoms with Crippen molar-refractivity contribution in [3.05, 3.63) is 39.7 Å². The van der Waals surface area contributed by atoms with Gasteiger partial charge in [-0.3, -0.25) is 4.79 Å². The molecule has 202 valence electrons. The third kappa shape index (κ3) is 5.23. The summed E-state index contributed by atoms with van der Waals surface area (Å²) in [6.07, 6.45) is 2.51. The number of nitrogens with zero attached hydrogens (tertiary/aromatic N) is 4. The Morgan fingerprint density at radius 3 is 2.76 bits per heavy atom. The zero-order chi connectivity index (χ0) is 27.1. The summed E-state index contributed by atoms with van der Waals surface area (Å²) in [5, 5.41) is 15.8. The molecule has 38 heavy (non-hydrogen) atoms. The molecule has 2 aliphatic rings. The molecule has 3 aromatic rings. The molecule has 4 heterocycles. The smallest absolute Gasteiger partial charge is 0.405 e. The minimum absolute atomic E-state index is 0.0260. The van der Waals surface area contributed by atoms with Crippen LogP contribution in [0.3, 0.4) is 0 Å². The van der Waals surface area contributed by atoms with Crippen LogP contribution in [0.2, 0.25) is 0 Å². The quantitative estimate of drug-likeness (QED) is 0.370. The average Bonchev–Trinajstić information content (AvgIpc) is 3.38. The predicted molar refractivity (Wildman–Crippen MR) is 146 cm³/mol. The van der Waals surface area contributed by atoms with Crippen LogP contribution in [0.15, 0.2) is 12.3 Å². The number of nitrogen functional groups attached to an aromatic ring is 1. The molecule has 0 saturated carbocycles. The van der Waals surface area contributed by atoms with Gasteiger partial charge in [-0.1, -0.05) is 0 Å². The van der Waals surface area contributed by atoms with Crippen LogP contribution in [-0.4, -0.2) is 69.4 Å². The van der Waals surface area contributed by atoms with Crippen molar-refractivity contribution in [3.63, 3.8) is 0 Å². The number of carbonyl (C=O) groups excluding carboxylic acids is 1. The molecule has 1 fully saturated rings. The van der Waals surface area contributed by atoms with Crippen LogP contribution in [-0.2, 0) is 17.6 Å². The molecule has 0 spiro atoms. The highest BCUT2D eigenvalue weighted by atomic mass is 32.1. The Morgan fingerprint density at radius 1 is 1.24 bits per heavy atom. The van der Waals surface area contributed by atoms with Crippen LogP contribution >= 0.6 is 11.3 Å². The zero-order valence-corrected chi connectivity index (χ0v) is 22.8. The fourth-order valence-electron chi connectivity index (χ4n) is 5.38. The van der Waals surface area contributed by atoms with E-state index in [4.69, 9.17) is 15.5 Å². The van der Waals surface area contributed by atoms with Crippen LogP contribution in [0, 0.1) is 13.8 Å². The van der Waals surface area contributed by atoms with E-state index in [2.05, 4.69) is 20.6 Å². The molecule has 12 heteroatoms. The van der Waals surface area contributed by atoms with Gasteiger partial charge in [0.25, 0.3) is 5.91 Å². The molecule has 1 aliphatic carbocycles. The van der Waals surface area contributed by atoms with Gasteiger partial charge in [0.2, 0.25) is 5.95 Å². The van der Waals surface area contributed by atoms with Gasteiger partial charge >= 0.3 is 6.09 Å². The fraction of sp³-hybridized carbons (Fsp3) is 0.500. The molecule has 11 nitrogen and oxygen atoms in total. The Balaban J connectivity index is 1.27. The second kappa shape index (κ2) is 10.3. The number of carbonyl (C=O) groups is 2. The molecule has 1 unspecified atom stereocenters. The average molecular weight is 540 g/mol. The minimum Gasteiger partial charge on any atom is -0.465 e. The third-order valence-electron chi connectivity index (χ3n) is 7.01. The predicted octanol–water partition coefficient (Wildman–Crippen LogP) is 2.82. The van der Waals surface area contributed by atoms with E-state index in [-0.39, 0.29) is 30.2 Å². The number of thiophene rings is 1. The second-order valence-corrected chi connectivity index (χ2v) is 11.3. The summed E-state index contributed by atoms with van der Waals surface area (Å²) in [6, 6.07) is 1.56. The van der Waals surface area contributed by atoms with Crippen molar-refractivity contribution in [2.45, 2.75) is 71.2 Å². The highest BCUT2D eigenvalue weighted by Gasteiger charge is 2.37. The molecule has 3 aromatic heterocycles. The van der Waals surface area contributed by atoms with Gasteiger partial charge in [-0.2, -0.15) is 0 Å². The Kier molecular flexibility index (Phi) is 7.10. The van der Waals surface area contributed by atoms with Crippen LogP contribution in [0.1, 0.15) is 52.5 Å². The first-order valence-electron chi connectivity index (χ1n) is 12.8. The summed E-state index contributed by atoms with van der Waals surface area (Å²) in [7, 11) is 0. The Bertz CT molecular complexity index is 1390. The summed E-state index contributed by atoms with van der Waals surface area (Å²) in [6.45, 7) is 8.72. The van der Waals surface area contributed by atoms with Gasteiger partial charge in [-0.15, -0.1) is 11.3 Å². The molecule has 0 aromatic carbocycles. The van der Waals surface area contributed by atoms with Gasteiger partial charge < -0.3 is 31.1 Å². The second-order valence-electron chi connectivity index (χ2n) is 10.3. The van der Waals surface area contributed by atoms with Gasteiger partial charge in [0.1, 0.15) is 9.71 Å². The van der Waals surface area contributed by atoms with Crippen LogP contribution in [0.25, 0.3) is 10.2 Å². The lowest BCUT2D eigenvalue weighted by atomic mass is 9.93. The number of fused-ring (bicyclic) bond motifs is 2. The van der Waals surface area contributed by atoms with E-state index in [1.807, 2.05) is 44.9 Å². The molecule has 5 rings (SSSR count). The number of anilines is 2. The maximum atomic E-state index is 13.1. The molecule has 1 aliphatic heterocycles. The molecular formula is C26H33N7O4S. The number of rotatable bonds is 6. The van der Waals surface area contributed by atoms with Gasteiger partial charge in [-0.25, -0.2) is 19.7 Å². The summed E-state index contributed by atoms with van der Waals surface area (Å²) < 4.78 is 5.94. The van der Waals surface area contributed by atoms with Crippen molar-refractivity contribution in [2.24, 2.45) is 0 Å². The number of ether oxygens (including phenoxy) is 1. The molecule has 2 amide bonds. The van der Waals surface area contributed by atoms with Crippen LogP contribution in [0.4, 0.5) is 16.4 Å². The molecular weight excluding hydrogens is 506 g/mol. The van der Waals surface area contributed by atoms with Crippen LogP contribution in [0.5, 0.6) is 0 Å². The van der Waals surface area contributed by atoms with E-state index in [1.165, 1.54) is 11.3 Å². The number of nitrogens with two attached hydrogens (primary N) is 1. The Morgan fingerprint density at radius 2 is 2.03 bits per heavy atom. The highest BCUT2D eigenvalue weighted by Crippen LogP contribution is 2.35. The van der Waals surface area contributed by atoms with Crippen molar-refractivity contribution < 1.29 is 19.4 Å². The standard InChI is InChI=1S/C26H33N7O4S/c1-12(2)37-19-11-33(10-18(19)32-26(35)36)25-28-9-15-8-16(5-6-17(15)31-25)30-23(34)22-21(27)20-13(3)7-14(4)29-24(20)38-22/h7,9,12,16,18-19,32H,5-6,8,10-11,27H2,1-4H3,(H,30,34)(H,35,36)/t16?,18-,19-/m0/s1. The van der Waals surface area contributed by atoms with E-state index in [1.54, 1.807) is 0 Å². The first-order chi connectivity index (χ1) is 18.1. The number of amides is 2. The number of aromatic nitrogens is 3. The Hall–Kier alpha value is -3.51. The lowest BCUT2D eigenvalue weighted by Crippen LogP contribution is -2.44.